The molecule has 62 heavy (non-hydrogen) atoms. The molecule has 5 aromatic rings. The van der Waals surface area contributed by atoms with Gasteiger partial charge >= 0.3 is 6.03 Å². The van der Waals surface area contributed by atoms with Crippen molar-refractivity contribution < 1.29 is 33.8 Å². The number of carbonyl (C=O) groups excluding carboxylic acids is 4. The van der Waals surface area contributed by atoms with E-state index in [1.165, 1.54) is 11.1 Å². The monoisotopic (exact) mass is 861 g/mol. The molecule has 1 saturated heterocycles. The molecule has 0 spiro atoms. The third-order valence-corrected chi connectivity index (χ3v) is 11.0. The van der Waals surface area contributed by atoms with Gasteiger partial charge in [-0.1, -0.05) is 63.1 Å². The van der Waals surface area contributed by atoms with Crippen molar-refractivity contribution >= 4 is 46.5 Å². The van der Waals surface area contributed by atoms with E-state index in [1.54, 1.807) is 29.0 Å². The van der Waals surface area contributed by atoms with Gasteiger partial charge in [0.2, 0.25) is 23.7 Å². The van der Waals surface area contributed by atoms with Crippen LogP contribution in [0.1, 0.15) is 60.8 Å². The first-order valence-electron chi connectivity index (χ1n) is 19.8. The van der Waals surface area contributed by atoms with Crippen LogP contribution in [-0.2, 0) is 34.1 Å². The predicted molar refractivity (Wildman–Crippen MR) is 233 cm³/mol. The van der Waals surface area contributed by atoms with Crippen LogP contribution in [0.5, 0.6) is 0 Å². The minimum atomic E-state index is -0.972. The molecule has 3 aromatic heterocycles. The van der Waals surface area contributed by atoms with Crippen molar-refractivity contribution in [2.24, 2.45) is 5.41 Å². The number of thiazole rings is 1. The van der Waals surface area contributed by atoms with Gasteiger partial charge in [-0.2, -0.15) is 4.39 Å². The van der Waals surface area contributed by atoms with Crippen LogP contribution in [0.2, 0.25) is 0 Å². The summed E-state index contributed by atoms with van der Waals surface area (Å²) in [5.74, 6) is 3.96. The number of pyridine rings is 2. The molecule has 1 fully saturated rings. The van der Waals surface area contributed by atoms with Crippen molar-refractivity contribution in [3.05, 3.63) is 124 Å². The second kappa shape index (κ2) is 20.3. The molecule has 2 aromatic carbocycles. The fraction of sp³-hybridized carbons (Fsp3) is 0.311. The van der Waals surface area contributed by atoms with Crippen LogP contribution in [0, 0.1) is 30.1 Å². The quantitative estimate of drug-likeness (QED) is 0.0652. The molecular formula is C45H48FN9O6S. The summed E-state index contributed by atoms with van der Waals surface area (Å²) in [4.78, 5) is 67.8. The number of hydrogen-bond acceptors (Lipinski definition) is 11. The summed E-state index contributed by atoms with van der Waals surface area (Å²) in [5, 5.41) is 34.1. The lowest BCUT2D eigenvalue weighted by Gasteiger charge is -2.35. The van der Waals surface area contributed by atoms with Crippen LogP contribution in [0.4, 0.5) is 20.6 Å². The second-order valence-electron chi connectivity index (χ2n) is 15.8. The fourth-order valence-corrected chi connectivity index (χ4v) is 7.58. The van der Waals surface area contributed by atoms with Crippen molar-refractivity contribution in [1.82, 2.24) is 35.8 Å². The fourth-order valence-electron chi connectivity index (χ4n) is 6.77. The Hall–Kier alpha value is -6.58. The molecule has 4 heterocycles. The number of amides is 5. The number of anilines is 2. The van der Waals surface area contributed by atoms with Crippen LogP contribution in [0.15, 0.2) is 84.6 Å². The first-order chi connectivity index (χ1) is 29.7. The average molecular weight is 862 g/mol. The number of carbonyl (C=O) groups is 4. The van der Waals surface area contributed by atoms with E-state index >= 15 is 0 Å². The van der Waals surface area contributed by atoms with Crippen molar-refractivity contribution in [3.8, 4) is 22.3 Å². The molecule has 7 N–H and O–H groups in total. The Labute approximate surface area is 362 Å². The zero-order chi connectivity index (χ0) is 44.4. The van der Waals surface area contributed by atoms with Gasteiger partial charge in [-0.25, -0.2) is 19.7 Å². The third-order valence-electron chi connectivity index (χ3n) is 9.98. The summed E-state index contributed by atoms with van der Waals surface area (Å²) in [7, 11) is 0. The number of benzene rings is 2. The van der Waals surface area contributed by atoms with Crippen LogP contribution >= 0.6 is 11.3 Å². The molecule has 1 unspecified atom stereocenters. The van der Waals surface area contributed by atoms with E-state index in [9.17, 15) is 33.8 Å². The SMILES string of the molecule is Cc1ncsc1-c1ccc(CNC(=O)[C@@H]2C[C@@H](O)CN2C(=O)C(NC(=O)CNCc2cccc(C#Cc3cc(NC(=O)Nc4cc(F)ncc4CO)ccn3)c2)C(C)(C)C)cc1. The normalized spacial score (nSPS) is 15.2. The minimum absolute atomic E-state index is 0.0294. The molecule has 0 bridgehead atoms. The zero-order valence-corrected chi connectivity index (χ0v) is 35.5. The van der Waals surface area contributed by atoms with E-state index < -0.39 is 54.0 Å². The molecule has 0 saturated carbocycles. The molecule has 17 heteroatoms. The van der Waals surface area contributed by atoms with Crippen LogP contribution in [0.25, 0.3) is 10.4 Å². The highest BCUT2D eigenvalue weighted by molar-refractivity contribution is 7.13. The number of urea groups is 1. The number of nitrogens with zero attached hydrogens (tertiary/aromatic N) is 4. The first-order valence-corrected chi connectivity index (χ1v) is 20.7. The van der Waals surface area contributed by atoms with Gasteiger partial charge in [0.25, 0.3) is 0 Å². The smallest absolute Gasteiger partial charge is 0.323 e. The summed E-state index contributed by atoms with van der Waals surface area (Å²) in [6.07, 6.45) is 1.81. The summed E-state index contributed by atoms with van der Waals surface area (Å²) < 4.78 is 13.6. The largest absolute Gasteiger partial charge is 0.392 e. The standard InChI is InChI=1S/C45H48FN9O6S/c1-27-40(62-26-51-27)31-11-8-29(9-12-31)21-50-42(59)37-18-35(57)24-55(37)43(60)41(45(2,3)4)54-39(58)23-47-20-30-7-5-6-28(16-30)10-13-33-17-34(14-15-48-33)52-44(61)53-36-19-38(46)49-22-32(36)25-56/h5-9,11-12,14-17,19,22,26,35,37,41,47,56-57H,18,20-21,23-25H2,1-4H3,(H,50,59)(H,54,58)(H2,48,49,52,53,61)/t35-,37+,41?/m1/s1. The van der Waals surface area contributed by atoms with Gasteiger partial charge in [0.15, 0.2) is 0 Å². The van der Waals surface area contributed by atoms with Crippen molar-refractivity contribution in [1.29, 1.82) is 0 Å². The lowest BCUT2D eigenvalue weighted by molar-refractivity contribution is -0.144. The summed E-state index contributed by atoms with van der Waals surface area (Å²) >= 11 is 1.56. The number of β-amino-alcohol motifs (C(OH)–C–C–N with tert-alkyl or cyclic N) is 1. The third kappa shape index (κ3) is 12.0. The molecule has 6 rings (SSSR count). The Morgan fingerprint density at radius 2 is 1.76 bits per heavy atom. The lowest BCUT2D eigenvalue weighted by Crippen LogP contribution is -2.58. The molecule has 15 nitrogen and oxygen atoms in total. The van der Waals surface area contributed by atoms with E-state index in [1.807, 2.05) is 76.2 Å². The number of aromatic nitrogens is 3. The molecule has 322 valence electrons. The zero-order valence-electron chi connectivity index (χ0n) is 34.7. The maximum atomic E-state index is 14.0. The van der Waals surface area contributed by atoms with E-state index in [-0.39, 0.29) is 43.2 Å². The Kier molecular flexibility index (Phi) is 14.7. The van der Waals surface area contributed by atoms with Gasteiger partial charge in [0, 0.05) is 61.3 Å². The highest BCUT2D eigenvalue weighted by Crippen LogP contribution is 2.28. The molecular weight excluding hydrogens is 814 g/mol. The number of aliphatic hydroxyl groups is 2. The molecule has 5 amide bonds. The van der Waals surface area contributed by atoms with Gasteiger partial charge in [-0.05, 0) is 59.2 Å². The maximum absolute atomic E-state index is 14.0. The first kappa shape index (κ1) is 45.0. The Bertz CT molecular complexity index is 2480. The summed E-state index contributed by atoms with van der Waals surface area (Å²) in [5.41, 5.74) is 6.57. The minimum Gasteiger partial charge on any atom is -0.392 e. The summed E-state index contributed by atoms with van der Waals surface area (Å²) in [6.45, 7) is 7.44. The summed E-state index contributed by atoms with van der Waals surface area (Å²) in [6, 6.07) is 16.8. The van der Waals surface area contributed by atoms with Crippen molar-refractivity contribution in [2.75, 3.05) is 23.7 Å². The lowest BCUT2D eigenvalue weighted by atomic mass is 9.85. The van der Waals surface area contributed by atoms with Crippen LogP contribution < -0.4 is 26.6 Å². The molecule has 1 aliphatic heterocycles. The van der Waals surface area contributed by atoms with Gasteiger partial charge in [-0.3, -0.25) is 14.4 Å². The number of aryl methyl sites for hydroxylation is 1. The Morgan fingerprint density at radius 1 is 0.968 bits per heavy atom. The van der Waals surface area contributed by atoms with Crippen LogP contribution in [-0.4, -0.2) is 85.1 Å². The second-order valence-corrected chi connectivity index (χ2v) is 16.7. The number of aliphatic hydroxyl groups excluding tert-OH is 2. The van der Waals surface area contributed by atoms with Gasteiger partial charge in [-0.15, -0.1) is 11.3 Å². The van der Waals surface area contributed by atoms with E-state index in [0.29, 0.717) is 23.5 Å². The topological polar surface area (TPSA) is 211 Å². The van der Waals surface area contributed by atoms with Gasteiger partial charge < -0.3 is 41.7 Å². The molecule has 0 radical (unpaired) electrons. The molecule has 3 atom stereocenters. The number of hydrogen-bond donors (Lipinski definition) is 7. The number of nitrogens with one attached hydrogen (secondary N) is 5. The van der Waals surface area contributed by atoms with E-state index in [4.69, 9.17) is 0 Å². The molecule has 1 aliphatic rings. The van der Waals surface area contributed by atoms with Crippen molar-refractivity contribution in [2.45, 2.75) is 72.0 Å². The van der Waals surface area contributed by atoms with Gasteiger partial charge in [0.1, 0.15) is 17.8 Å². The molecule has 0 aliphatic carbocycles. The Morgan fingerprint density at radius 3 is 2.48 bits per heavy atom. The van der Waals surface area contributed by atoms with Crippen LogP contribution in [0.3, 0.4) is 0 Å². The highest BCUT2D eigenvalue weighted by Gasteiger charge is 2.44. The van der Waals surface area contributed by atoms with Gasteiger partial charge in [0.05, 0.1) is 41.0 Å². The number of likely N-dealkylation sites (tertiary alicyclic amines) is 1. The van der Waals surface area contributed by atoms with Crippen molar-refractivity contribution in [3.63, 3.8) is 0 Å². The number of rotatable bonds is 13. The Balaban J connectivity index is 0.999. The maximum Gasteiger partial charge on any atom is 0.323 e. The average Bonchev–Trinajstić information content (AvgIpc) is 3.86. The number of halogens is 1. The van der Waals surface area contributed by atoms with E-state index in [0.717, 1.165) is 39.5 Å². The predicted octanol–water partition coefficient (Wildman–Crippen LogP) is 4.48. The highest BCUT2D eigenvalue weighted by atomic mass is 32.1. The van der Waals surface area contributed by atoms with E-state index in [2.05, 4.69) is 53.4 Å².